The summed E-state index contributed by atoms with van der Waals surface area (Å²) >= 11 is 3.33. The van der Waals surface area contributed by atoms with E-state index >= 15 is 0 Å². The fraction of sp³-hybridized carbons (Fsp3) is 0.385. The van der Waals surface area contributed by atoms with Crippen molar-refractivity contribution in [3.05, 3.63) is 33.8 Å². The first-order valence-electron chi connectivity index (χ1n) is 5.62. The number of carboxylic acids is 1. The lowest BCUT2D eigenvalue weighted by Crippen LogP contribution is -2.55. The third-order valence-electron chi connectivity index (χ3n) is 2.81. The van der Waals surface area contributed by atoms with Gasteiger partial charge in [-0.05, 0) is 31.5 Å². The molecule has 1 aromatic rings. The Kier molecular flexibility index (Phi) is 5.08. The minimum absolute atomic E-state index is 0.110. The predicted molar refractivity (Wildman–Crippen MR) is 74.3 cm³/mol. The van der Waals surface area contributed by atoms with Gasteiger partial charge in [0.2, 0.25) is 0 Å². The summed E-state index contributed by atoms with van der Waals surface area (Å²) in [6.45, 7) is 3.08. The summed E-state index contributed by atoms with van der Waals surface area (Å²) in [6, 6.07) is 5.18. The average molecular weight is 330 g/mol. The Morgan fingerprint density at radius 3 is 2.63 bits per heavy atom. The molecule has 6 heteroatoms. The molecule has 0 aliphatic carbocycles. The Morgan fingerprint density at radius 2 is 2.11 bits per heavy atom. The second-order valence-corrected chi connectivity index (χ2v) is 5.29. The normalized spacial score (nSPS) is 13.7. The van der Waals surface area contributed by atoms with Gasteiger partial charge in [-0.3, -0.25) is 4.79 Å². The number of hydrogen-bond donors (Lipinski definition) is 2. The van der Waals surface area contributed by atoms with Gasteiger partial charge in [-0.15, -0.1) is 0 Å². The lowest BCUT2D eigenvalue weighted by atomic mass is 10.0. The molecular weight excluding hydrogens is 314 g/mol. The van der Waals surface area contributed by atoms with Gasteiger partial charge in [-0.1, -0.05) is 22.0 Å². The van der Waals surface area contributed by atoms with Crippen LogP contribution in [0.15, 0.2) is 22.7 Å². The average Bonchev–Trinajstić information content (AvgIpc) is 2.32. The Balaban J connectivity index is 3.01. The van der Waals surface area contributed by atoms with Crippen LogP contribution in [0.3, 0.4) is 0 Å². The van der Waals surface area contributed by atoms with Crippen molar-refractivity contribution in [3.8, 4) is 0 Å². The number of aliphatic carboxylic acids is 1. The summed E-state index contributed by atoms with van der Waals surface area (Å²) in [5.74, 6) is -1.59. The van der Waals surface area contributed by atoms with Crippen LogP contribution in [0.25, 0.3) is 0 Å². The van der Waals surface area contributed by atoms with Gasteiger partial charge in [0.15, 0.2) is 5.54 Å². The maximum atomic E-state index is 12.2. The van der Waals surface area contributed by atoms with Crippen LogP contribution in [0.5, 0.6) is 0 Å². The smallest absolute Gasteiger partial charge is 0.331 e. The van der Waals surface area contributed by atoms with Crippen molar-refractivity contribution in [2.45, 2.75) is 19.4 Å². The van der Waals surface area contributed by atoms with E-state index in [4.69, 9.17) is 4.74 Å². The van der Waals surface area contributed by atoms with Crippen molar-refractivity contribution in [1.29, 1.82) is 0 Å². The van der Waals surface area contributed by atoms with E-state index in [0.717, 1.165) is 10.0 Å². The molecule has 5 nitrogen and oxygen atoms in total. The van der Waals surface area contributed by atoms with E-state index in [2.05, 4.69) is 21.2 Å². The SMILES string of the molecule is COCC(C)(NC(=O)c1cccc(Br)c1C)C(=O)O. The summed E-state index contributed by atoms with van der Waals surface area (Å²) in [6.07, 6.45) is 0. The molecule has 0 spiro atoms. The van der Waals surface area contributed by atoms with Gasteiger partial charge >= 0.3 is 5.97 Å². The molecule has 0 aliphatic rings. The molecule has 1 atom stereocenters. The van der Waals surface area contributed by atoms with Crippen molar-refractivity contribution in [1.82, 2.24) is 5.32 Å². The number of carboxylic acid groups (broad SMARTS) is 1. The van der Waals surface area contributed by atoms with Crippen LogP contribution in [0.4, 0.5) is 0 Å². The number of benzene rings is 1. The highest BCUT2D eigenvalue weighted by Gasteiger charge is 2.35. The number of methoxy groups -OCH3 is 1. The number of amides is 1. The van der Waals surface area contributed by atoms with Gasteiger partial charge in [0.25, 0.3) is 5.91 Å². The van der Waals surface area contributed by atoms with Crippen LogP contribution in [0.1, 0.15) is 22.8 Å². The molecule has 0 saturated heterocycles. The van der Waals surface area contributed by atoms with Crippen LogP contribution in [0.2, 0.25) is 0 Å². The summed E-state index contributed by atoms with van der Waals surface area (Å²) in [4.78, 5) is 23.4. The van der Waals surface area contributed by atoms with Gasteiger partial charge in [0.1, 0.15) is 0 Å². The van der Waals surface area contributed by atoms with Crippen molar-refractivity contribution in [3.63, 3.8) is 0 Å². The number of ether oxygens (including phenoxy) is 1. The lowest BCUT2D eigenvalue weighted by molar-refractivity contribution is -0.145. The van der Waals surface area contributed by atoms with Crippen molar-refractivity contribution < 1.29 is 19.4 Å². The van der Waals surface area contributed by atoms with E-state index in [-0.39, 0.29) is 6.61 Å². The number of carbonyl (C=O) groups is 2. The number of halogens is 1. The van der Waals surface area contributed by atoms with Gasteiger partial charge < -0.3 is 15.2 Å². The number of rotatable bonds is 5. The minimum Gasteiger partial charge on any atom is -0.479 e. The summed E-state index contributed by atoms with van der Waals surface area (Å²) in [7, 11) is 1.39. The standard InChI is InChI=1S/C13H16BrNO4/c1-8-9(5-4-6-10(8)14)11(16)15-13(2,7-19-3)12(17)18/h4-6H,7H2,1-3H3,(H,15,16)(H,17,18). The molecule has 2 N–H and O–H groups in total. The van der Waals surface area contributed by atoms with Gasteiger partial charge in [-0.2, -0.15) is 0 Å². The first-order chi connectivity index (χ1) is 8.81. The van der Waals surface area contributed by atoms with Crippen molar-refractivity contribution in [2.75, 3.05) is 13.7 Å². The fourth-order valence-electron chi connectivity index (χ4n) is 1.61. The topological polar surface area (TPSA) is 75.6 Å². The third-order valence-corrected chi connectivity index (χ3v) is 3.67. The van der Waals surface area contributed by atoms with Crippen LogP contribution in [-0.2, 0) is 9.53 Å². The van der Waals surface area contributed by atoms with Crippen LogP contribution in [0, 0.1) is 6.92 Å². The molecule has 0 saturated carbocycles. The van der Waals surface area contributed by atoms with E-state index in [1.807, 2.05) is 6.07 Å². The summed E-state index contributed by atoms with van der Waals surface area (Å²) in [5.41, 5.74) is -0.274. The quantitative estimate of drug-likeness (QED) is 0.866. The summed E-state index contributed by atoms with van der Waals surface area (Å²) < 4.78 is 5.65. The number of carbonyl (C=O) groups excluding carboxylic acids is 1. The van der Waals surface area contributed by atoms with E-state index < -0.39 is 17.4 Å². The maximum absolute atomic E-state index is 12.2. The Morgan fingerprint density at radius 1 is 1.47 bits per heavy atom. The number of hydrogen-bond acceptors (Lipinski definition) is 3. The van der Waals surface area contributed by atoms with Crippen LogP contribution < -0.4 is 5.32 Å². The van der Waals surface area contributed by atoms with Gasteiger partial charge in [0.05, 0.1) is 6.61 Å². The molecule has 0 bridgehead atoms. The molecular formula is C13H16BrNO4. The molecule has 19 heavy (non-hydrogen) atoms. The first kappa shape index (κ1) is 15.7. The van der Waals surface area contributed by atoms with Crippen molar-refractivity contribution in [2.24, 2.45) is 0 Å². The molecule has 1 amide bonds. The highest BCUT2D eigenvalue weighted by atomic mass is 79.9. The highest BCUT2D eigenvalue weighted by Crippen LogP contribution is 2.20. The van der Waals surface area contributed by atoms with E-state index in [9.17, 15) is 14.7 Å². The Labute approximate surface area is 120 Å². The molecule has 0 aromatic heterocycles. The first-order valence-corrected chi connectivity index (χ1v) is 6.41. The van der Waals surface area contributed by atoms with Gasteiger partial charge in [0, 0.05) is 17.1 Å². The second-order valence-electron chi connectivity index (χ2n) is 4.44. The van der Waals surface area contributed by atoms with Crippen LogP contribution in [-0.4, -0.2) is 36.2 Å². The summed E-state index contributed by atoms with van der Waals surface area (Å²) in [5, 5.41) is 11.7. The lowest BCUT2D eigenvalue weighted by Gasteiger charge is -2.25. The third kappa shape index (κ3) is 3.54. The van der Waals surface area contributed by atoms with E-state index in [1.165, 1.54) is 14.0 Å². The van der Waals surface area contributed by atoms with Crippen LogP contribution >= 0.6 is 15.9 Å². The highest BCUT2D eigenvalue weighted by molar-refractivity contribution is 9.10. The van der Waals surface area contributed by atoms with Crippen molar-refractivity contribution >= 4 is 27.8 Å². The molecule has 1 rings (SSSR count). The molecule has 0 fully saturated rings. The monoisotopic (exact) mass is 329 g/mol. The minimum atomic E-state index is -1.46. The van der Waals surface area contributed by atoms with E-state index in [1.54, 1.807) is 19.1 Å². The zero-order valence-corrected chi connectivity index (χ0v) is 12.6. The van der Waals surface area contributed by atoms with Gasteiger partial charge in [-0.25, -0.2) is 4.79 Å². The van der Waals surface area contributed by atoms with E-state index in [0.29, 0.717) is 5.56 Å². The molecule has 104 valence electrons. The molecule has 0 heterocycles. The molecule has 1 aromatic carbocycles. The number of nitrogens with one attached hydrogen (secondary N) is 1. The molecule has 0 radical (unpaired) electrons. The largest absolute Gasteiger partial charge is 0.479 e. The molecule has 1 unspecified atom stereocenters. The second kappa shape index (κ2) is 6.16. The maximum Gasteiger partial charge on any atom is 0.331 e. The zero-order valence-electron chi connectivity index (χ0n) is 11.0. The Hall–Kier alpha value is -1.40. The predicted octanol–water partition coefficient (Wildman–Crippen LogP) is 1.98. The molecule has 0 aliphatic heterocycles. The fourth-order valence-corrected chi connectivity index (χ4v) is 1.98. The Bertz CT molecular complexity index is 503. The zero-order chi connectivity index (χ0) is 14.6.